The first-order valence-electron chi connectivity index (χ1n) is 9.16. The van der Waals surface area contributed by atoms with Crippen LogP contribution in [0.5, 0.6) is 0 Å². The molecule has 1 aromatic carbocycles. The first-order chi connectivity index (χ1) is 13.1. The number of nitrogens with zero attached hydrogens (tertiary/aromatic N) is 3. The lowest BCUT2D eigenvalue weighted by molar-refractivity contribution is -0.120. The fraction of sp³-hybridized carbons (Fsp3) is 0.474. The fourth-order valence-electron chi connectivity index (χ4n) is 3.35. The summed E-state index contributed by atoms with van der Waals surface area (Å²) in [5.74, 6) is -0.0764. The van der Waals surface area contributed by atoms with Crippen LogP contribution in [0.4, 0.5) is 0 Å². The Hall–Kier alpha value is -2.53. The van der Waals surface area contributed by atoms with Crippen LogP contribution in [0.15, 0.2) is 40.3 Å². The Balaban J connectivity index is 1.57. The van der Waals surface area contributed by atoms with Crippen molar-refractivity contribution in [2.24, 2.45) is 0 Å². The monoisotopic (exact) mass is 385 g/mol. The lowest BCUT2D eigenvalue weighted by Gasteiger charge is -2.31. The number of carbonyl (C=O) groups excluding carboxylic acids is 1. The standard InChI is InChI=1S/C19H23N5O2S/c20-14-19(10-5-2-6-11-19)21-16(25)13-27-18-23-22-17(26)24(18)12-9-15-7-3-1-4-8-15/h1,3-4,7-8H,2,5-6,9-13H2,(H,21,25)(H,22,26). The summed E-state index contributed by atoms with van der Waals surface area (Å²) in [6.45, 7) is 0.492. The molecule has 1 aromatic heterocycles. The molecule has 0 bridgehead atoms. The van der Waals surface area contributed by atoms with Crippen molar-refractivity contribution < 1.29 is 4.79 Å². The summed E-state index contributed by atoms with van der Waals surface area (Å²) >= 11 is 1.21. The van der Waals surface area contributed by atoms with Crippen LogP contribution in [0.3, 0.4) is 0 Å². The van der Waals surface area contributed by atoms with Crippen molar-refractivity contribution in [1.29, 1.82) is 5.26 Å². The summed E-state index contributed by atoms with van der Waals surface area (Å²) in [5.41, 5.74) is 0.108. The van der Waals surface area contributed by atoms with Crippen molar-refractivity contribution in [2.45, 2.75) is 55.8 Å². The van der Waals surface area contributed by atoms with E-state index >= 15 is 0 Å². The minimum absolute atomic E-state index is 0.124. The number of thioether (sulfide) groups is 1. The van der Waals surface area contributed by atoms with E-state index in [9.17, 15) is 14.9 Å². The summed E-state index contributed by atoms with van der Waals surface area (Å²) < 4.78 is 1.55. The Morgan fingerprint density at radius 2 is 2.04 bits per heavy atom. The normalized spacial score (nSPS) is 15.8. The summed E-state index contributed by atoms with van der Waals surface area (Å²) in [6, 6.07) is 12.2. The van der Waals surface area contributed by atoms with Crippen LogP contribution in [0, 0.1) is 11.3 Å². The zero-order valence-electron chi connectivity index (χ0n) is 15.1. The lowest BCUT2D eigenvalue weighted by Crippen LogP contribution is -2.49. The van der Waals surface area contributed by atoms with Crippen molar-refractivity contribution in [2.75, 3.05) is 5.75 Å². The van der Waals surface area contributed by atoms with E-state index in [4.69, 9.17) is 0 Å². The number of aromatic nitrogens is 3. The highest BCUT2D eigenvalue weighted by Crippen LogP contribution is 2.27. The zero-order chi connectivity index (χ0) is 19.1. The maximum absolute atomic E-state index is 12.3. The van der Waals surface area contributed by atoms with Gasteiger partial charge < -0.3 is 5.32 Å². The van der Waals surface area contributed by atoms with Crippen LogP contribution < -0.4 is 11.0 Å². The van der Waals surface area contributed by atoms with E-state index in [1.165, 1.54) is 11.8 Å². The Kier molecular flexibility index (Phi) is 6.35. The molecule has 1 saturated carbocycles. The quantitative estimate of drug-likeness (QED) is 0.712. The number of hydrogen-bond acceptors (Lipinski definition) is 5. The molecule has 1 amide bonds. The second-order valence-corrected chi connectivity index (χ2v) is 7.73. The van der Waals surface area contributed by atoms with Gasteiger partial charge in [0.15, 0.2) is 5.16 Å². The number of benzene rings is 1. The summed E-state index contributed by atoms with van der Waals surface area (Å²) in [7, 11) is 0. The van der Waals surface area contributed by atoms with E-state index in [0.29, 0.717) is 31.0 Å². The third-order valence-corrected chi connectivity index (χ3v) is 5.80. The van der Waals surface area contributed by atoms with Gasteiger partial charge in [-0.25, -0.2) is 9.89 Å². The number of hydrogen-bond donors (Lipinski definition) is 2. The summed E-state index contributed by atoms with van der Waals surface area (Å²) in [6.07, 6.45) is 5.12. The molecular formula is C19H23N5O2S. The molecule has 1 aliphatic carbocycles. The van der Waals surface area contributed by atoms with Gasteiger partial charge in [0.2, 0.25) is 5.91 Å². The van der Waals surface area contributed by atoms with Crippen LogP contribution in [0.2, 0.25) is 0 Å². The smallest absolute Gasteiger partial charge is 0.337 e. The predicted molar refractivity (Wildman–Crippen MR) is 103 cm³/mol. The molecular weight excluding hydrogens is 362 g/mol. The largest absolute Gasteiger partial charge is 0.343 e. The van der Waals surface area contributed by atoms with Crippen molar-refractivity contribution in [3.8, 4) is 6.07 Å². The van der Waals surface area contributed by atoms with Gasteiger partial charge >= 0.3 is 5.69 Å². The Morgan fingerprint density at radius 3 is 2.74 bits per heavy atom. The van der Waals surface area contributed by atoms with Gasteiger partial charge in [0.25, 0.3) is 0 Å². The first-order valence-corrected chi connectivity index (χ1v) is 10.1. The van der Waals surface area contributed by atoms with Crippen LogP contribution >= 0.6 is 11.8 Å². The molecule has 0 saturated heterocycles. The highest BCUT2D eigenvalue weighted by molar-refractivity contribution is 7.99. The van der Waals surface area contributed by atoms with Gasteiger partial charge in [-0.3, -0.25) is 9.36 Å². The van der Waals surface area contributed by atoms with E-state index in [-0.39, 0.29) is 17.3 Å². The number of nitrogens with one attached hydrogen (secondary N) is 2. The van der Waals surface area contributed by atoms with Crippen LogP contribution in [0.1, 0.15) is 37.7 Å². The Morgan fingerprint density at radius 1 is 1.30 bits per heavy atom. The molecule has 1 heterocycles. The predicted octanol–water partition coefficient (Wildman–Crippen LogP) is 2.25. The topological polar surface area (TPSA) is 104 Å². The average Bonchev–Trinajstić information content (AvgIpc) is 3.06. The van der Waals surface area contributed by atoms with Gasteiger partial charge in [-0.1, -0.05) is 61.4 Å². The number of H-pyrrole nitrogens is 1. The average molecular weight is 385 g/mol. The molecule has 0 unspecified atom stereocenters. The highest BCUT2D eigenvalue weighted by Gasteiger charge is 2.33. The number of nitriles is 1. The molecule has 8 heteroatoms. The fourth-order valence-corrected chi connectivity index (χ4v) is 4.12. The molecule has 3 rings (SSSR count). The highest BCUT2D eigenvalue weighted by atomic mass is 32.2. The maximum atomic E-state index is 12.3. The van der Waals surface area contributed by atoms with Gasteiger partial charge in [0.05, 0.1) is 11.8 Å². The van der Waals surface area contributed by atoms with Crippen molar-refractivity contribution in [3.05, 3.63) is 46.4 Å². The minimum atomic E-state index is -0.742. The second kappa shape index (κ2) is 8.91. The van der Waals surface area contributed by atoms with Crippen molar-refractivity contribution in [1.82, 2.24) is 20.1 Å². The van der Waals surface area contributed by atoms with Gasteiger partial charge in [-0.15, -0.1) is 5.10 Å². The number of carbonyl (C=O) groups is 1. The van der Waals surface area contributed by atoms with E-state index in [0.717, 1.165) is 24.8 Å². The van der Waals surface area contributed by atoms with E-state index in [1.807, 2.05) is 30.3 Å². The lowest BCUT2D eigenvalue weighted by atomic mass is 9.83. The third kappa shape index (κ3) is 5.01. The van der Waals surface area contributed by atoms with E-state index < -0.39 is 5.54 Å². The number of aromatic amines is 1. The van der Waals surface area contributed by atoms with Crippen molar-refractivity contribution in [3.63, 3.8) is 0 Å². The van der Waals surface area contributed by atoms with Gasteiger partial charge in [0, 0.05) is 6.54 Å². The van der Waals surface area contributed by atoms with E-state index in [2.05, 4.69) is 21.6 Å². The van der Waals surface area contributed by atoms with Gasteiger partial charge in [-0.05, 0) is 24.8 Å². The first kappa shape index (κ1) is 19.2. The maximum Gasteiger partial charge on any atom is 0.343 e. The Bertz CT molecular complexity index is 862. The number of amides is 1. The molecule has 0 aliphatic heterocycles. The molecule has 2 N–H and O–H groups in total. The molecule has 1 aliphatic rings. The molecule has 0 spiro atoms. The van der Waals surface area contributed by atoms with Gasteiger partial charge in [0.1, 0.15) is 5.54 Å². The van der Waals surface area contributed by atoms with Crippen LogP contribution in [0.25, 0.3) is 0 Å². The number of aryl methyl sites for hydroxylation is 1. The van der Waals surface area contributed by atoms with Crippen LogP contribution in [-0.2, 0) is 17.8 Å². The summed E-state index contributed by atoms with van der Waals surface area (Å²) in [4.78, 5) is 24.3. The molecule has 142 valence electrons. The van der Waals surface area contributed by atoms with Crippen LogP contribution in [-0.4, -0.2) is 32.0 Å². The SMILES string of the molecule is N#CC1(NC(=O)CSc2n[nH]c(=O)n2CCc2ccccc2)CCCCC1. The number of rotatable bonds is 7. The summed E-state index contributed by atoms with van der Waals surface area (Å²) in [5, 5.41) is 19.3. The molecule has 1 fully saturated rings. The minimum Gasteiger partial charge on any atom is -0.337 e. The molecule has 2 aromatic rings. The molecule has 0 radical (unpaired) electrons. The third-order valence-electron chi connectivity index (χ3n) is 4.82. The zero-order valence-corrected chi connectivity index (χ0v) is 15.9. The van der Waals surface area contributed by atoms with Crippen molar-refractivity contribution >= 4 is 17.7 Å². The molecule has 0 atom stereocenters. The van der Waals surface area contributed by atoms with E-state index in [1.54, 1.807) is 4.57 Å². The molecule has 27 heavy (non-hydrogen) atoms. The van der Waals surface area contributed by atoms with Gasteiger partial charge in [-0.2, -0.15) is 5.26 Å². The second-order valence-electron chi connectivity index (χ2n) is 6.79. The Labute approximate surface area is 162 Å². The molecule has 7 nitrogen and oxygen atoms in total.